The highest BCUT2D eigenvalue weighted by Gasteiger charge is 2.15. The number of hydrogen-bond donors (Lipinski definition) is 2. The van der Waals surface area contributed by atoms with Crippen molar-refractivity contribution in [2.75, 3.05) is 57.7 Å². The van der Waals surface area contributed by atoms with E-state index in [1.54, 1.807) is 20.4 Å². The Hall–Kier alpha value is -3.00. The van der Waals surface area contributed by atoms with Crippen LogP contribution >= 0.6 is 0 Å². The van der Waals surface area contributed by atoms with Gasteiger partial charge >= 0.3 is 6.03 Å². The van der Waals surface area contributed by atoms with Crippen LogP contribution in [0.15, 0.2) is 36.5 Å². The molecule has 1 saturated heterocycles. The van der Waals surface area contributed by atoms with Gasteiger partial charge in [0.05, 0.1) is 26.1 Å². The Morgan fingerprint density at radius 1 is 1.07 bits per heavy atom. The number of ether oxygens (including phenoxy) is 2. The number of likely N-dealkylation sites (N-methyl/N-ethyl adjacent to an activating group) is 1. The number of amides is 2. The molecular formula is C20H27N5O3. The van der Waals surface area contributed by atoms with E-state index in [4.69, 9.17) is 9.47 Å². The third-order valence-corrected chi connectivity index (χ3v) is 4.73. The van der Waals surface area contributed by atoms with Crippen LogP contribution in [-0.2, 0) is 6.54 Å². The Morgan fingerprint density at radius 2 is 1.82 bits per heavy atom. The molecule has 150 valence electrons. The summed E-state index contributed by atoms with van der Waals surface area (Å²) < 4.78 is 10.5. The molecule has 2 amide bonds. The highest BCUT2D eigenvalue weighted by molar-refractivity contribution is 5.89. The summed E-state index contributed by atoms with van der Waals surface area (Å²) in [5.74, 6) is 2.22. The summed E-state index contributed by atoms with van der Waals surface area (Å²) in [4.78, 5) is 21.2. The SMILES string of the molecule is COc1ccc(CNC(=O)Nc2ccc(N3CCN(C)CC3)nc2)cc1OC. The lowest BCUT2D eigenvalue weighted by Gasteiger charge is -2.33. The number of aromatic nitrogens is 1. The van der Waals surface area contributed by atoms with Crippen LogP contribution in [0.1, 0.15) is 5.56 Å². The fourth-order valence-electron chi connectivity index (χ4n) is 3.03. The first-order valence-corrected chi connectivity index (χ1v) is 9.24. The molecule has 0 atom stereocenters. The van der Waals surface area contributed by atoms with Crippen LogP contribution in [0.4, 0.5) is 16.3 Å². The van der Waals surface area contributed by atoms with Crippen molar-refractivity contribution in [2.24, 2.45) is 0 Å². The zero-order valence-electron chi connectivity index (χ0n) is 16.6. The van der Waals surface area contributed by atoms with Crippen molar-refractivity contribution in [1.29, 1.82) is 0 Å². The number of carbonyl (C=O) groups excluding carboxylic acids is 1. The zero-order valence-corrected chi connectivity index (χ0v) is 16.6. The van der Waals surface area contributed by atoms with Gasteiger partial charge in [0.2, 0.25) is 0 Å². The van der Waals surface area contributed by atoms with Crippen molar-refractivity contribution in [2.45, 2.75) is 6.54 Å². The molecule has 1 aliphatic heterocycles. The summed E-state index contributed by atoms with van der Waals surface area (Å²) in [7, 11) is 5.30. The molecule has 0 radical (unpaired) electrons. The maximum Gasteiger partial charge on any atom is 0.319 e. The minimum Gasteiger partial charge on any atom is -0.493 e. The van der Waals surface area contributed by atoms with E-state index in [-0.39, 0.29) is 6.03 Å². The third-order valence-electron chi connectivity index (χ3n) is 4.73. The molecule has 0 unspecified atom stereocenters. The number of methoxy groups -OCH3 is 2. The number of rotatable bonds is 6. The van der Waals surface area contributed by atoms with Gasteiger partial charge in [-0.1, -0.05) is 6.07 Å². The van der Waals surface area contributed by atoms with Gasteiger partial charge in [-0.3, -0.25) is 0 Å². The molecule has 2 N–H and O–H groups in total. The lowest BCUT2D eigenvalue weighted by molar-refractivity contribution is 0.251. The third kappa shape index (κ3) is 5.04. The Balaban J connectivity index is 1.51. The Bertz CT molecular complexity index is 789. The van der Waals surface area contributed by atoms with E-state index in [9.17, 15) is 4.79 Å². The largest absolute Gasteiger partial charge is 0.493 e. The highest BCUT2D eigenvalue weighted by Crippen LogP contribution is 2.27. The number of carbonyl (C=O) groups is 1. The maximum atomic E-state index is 12.2. The van der Waals surface area contributed by atoms with Crippen molar-refractivity contribution in [3.63, 3.8) is 0 Å². The minimum atomic E-state index is -0.288. The molecule has 0 aliphatic carbocycles. The summed E-state index contributed by atoms with van der Waals surface area (Å²) in [5, 5.41) is 5.63. The molecule has 8 nitrogen and oxygen atoms in total. The topological polar surface area (TPSA) is 79.0 Å². The molecule has 2 aromatic rings. The highest BCUT2D eigenvalue weighted by atomic mass is 16.5. The van der Waals surface area contributed by atoms with Gasteiger partial charge in [-0.2, -0.15) is 0 Å². The van der Waals surface area contributed by atoms with E-state index >= 15 is 0 Å². The molecule has 1 aliphatic rings. The van der Waals surface area contributed by atoms with Crippen LogP contribution in [-0.4, -0.2) is 63.4 Å². The number of piperazine rings is 1. The summed E-state index contributed by atoms with van der Waals surface area (Å²) >= 11 is 0. The van der Waals surface area contributed by atoms with E-state index < -0.39 is 0 Å². The van der Waals surface area contributed by atoms with E-state index in [0.717, 1.165) is 37.6 Å². The van der Waals surface area contributed by atoms with Gasteiger partial charge in [0, 0.05) is 32.7 Å². The molecule has 1 aromatic heterocycles. The van der Waals surface area contributed by atoms with E-state index in [0.29, 0.717) is 23.7 Å². The van der Waals surface area contributed by atoms with Gasteiger partial charge in [0.15, 0.2) is 11.5 Å². The molecule has 1 fully saturated rings. The Kier molecular flexibility index (Phi) is 6.54. The van der Waals surface area contributed by atoms with Crippen LogP contribution in [0.2, 0.25) is 0 Å². The van der Waals surface area contributed by atoms with Gasteiger partial charge in [0.25, 0.3) is 0 Å². The van der Waals surface area contributed by atoms with Gasteiger partial charge < -0.3 is 29.9 Å². The zero-order chi connectivity index (χ0) is 19.9. The number of pyridine rings is 1. The summed E-state index contributed by atoms with van der Waals surface area (Å²) in [5.41, 5.74) is 1.57. The number of urea groups is 1. The van der Waals surface area contributed by atoms with Crippen molar-refractivity contribution in [1.82, 2.24) is 15.2 Å². The fourth-order valence-corrected chi connectivity index (χ4v) is 3.03. The van der Waals surface area contributed by atoms with E-state index in [1.165, 1.54) is 0 Å². The predicted octanol–water partition coefficient (Wildman–Crippen LogP) is 2.17. The van der Waals surface area contributed by atoms with Crippen LogP contribution in [0.25, 0.3) is 0 Å². The molecule has 2 heterocycles. The first kappa shape index (κ1) is 19.8. The van der Waals surface area contributed by atoms with Crippen molar-refractivity contribution in [3.8, 4) is 11.5 Å². The lowest BCUT2D eigenvalue weighted by Crippen LogP contribution is -2.44. The standard InChI is InChI=1S/C20H27N5O3/c1-24-8-10-25(11-9-24)19-7-5-16(14-21-19)23-20(26)22-13-15-4-6-17(27-2)18(12-15)28-3/h4-7,12,14H,8-11,13H2,1-3H3,(H2,22,23,26). The Labute approximate surface area is 165 Å². The number of nitrogens with one attached hydrogen (secondary N) is 2. The van der Waals surface area contributed by atoms with E-state index in [1.807, 2.05) is 30.3 Å². The molecule has 3 rings (SSSR count). The predicted molar refractivity (Wildman–Crippen MR) is 109 cm³/mol. The maximum absolute atomic E-state index is 12.2. The molecule has 8 heteroatoms. The molecular weight excluding hydrogens is 358 g/mol. The Morgan fingerprint density at radius 3 is 2.46 bits per heavy atom. The van der Waals surface area contributed by atoms with Gasteiger partial charge in [0.1, 0.15) is 5.82 Å². The van der Waals surface area contributed by atoms with Crippen LogP contribution in [0.3, 0.4) is 0 Å². The molecule has 1 aromatic carbocycles. The number of anilines is 2. The number of benzene rings is 1. The molecule has 0 saturated carbocycles. The average molecular weight is 385 g/mol. The second-order valence-corrected chi connectivity index (χ2v) is 6.69. The normalized spacial score (nSPS) is 14.5. The number of hydrogen-bond acceptors (Lipinski definition) is 6. The molecule has 0 spiro atoms. The summed E-state index contributed by atoms with van der Waals surface area (Å²) in [6, 6.07) is 9.06. The van der Waals surface area contributed by atoms with Crippen molar-refractivity contribution in [3.05, 3.63) is 42.1 Å². The summed E-state index contributed by atoms with van der Waals surface area (Å²) in [6.07, 6.45) is 1.68. The smallest absolute Gasteiger partial charge is 0.319 e. The molecule has 28 heavy (non-hydrogen) atoms. The average Bonchev–Trinajstić information content (AvgIpc) is 2.73. The summed E-state index contributed by atoms with van der Waals surface area (Å²) in [6.45, 7) is 4.35. The second kappa shape index (κ2) is 9.27. The van der Waals surface area contributed by atoms with E-state index in [2.05, 4.69) is 32.5 Å². The quantitative estimate of drug-likeness (QED) is 0.794. The first-order valence-electron chi connectivity index (χ1n) is 9.24. The van der Waals surface area contributed by atoms with Crippen LogP contribution in [0, 0.1) is 0 Å². The lowest BCUT2D eigenvalue weighted by atomic mass is 10.2. The van der Waals surface area contributed by atoms with Gasteiger partial charge in [-0.25, -0.2) is 9.78 Å². The van der Waals surface area contributed by atoms with Crippen LogP contribution in [0.5, 0.6) is 11.5 Å². The fraction of sp³-hybridized carbons (Fsp3) is 0.400. The van der Waals surface area contributed by atoms with Crippen molar-refractivity contribution >= 4 is 17.5 Å². The first-order chi connectivity index (χ1) is 13.6. The second-order valence-electron chi connectivity index (χ2n) is 6.69. The number of nitrogens with zero attached hydrogens (tertiary/aromatic N) is 3. The van der Waals surface area contributed by atoms with Crippen LogP contribution < -0.4 is 25.0 Å². The minimum absolute atomic E-state index is 0.288. The van der Waals surface area contributed by atoms with Gasteiger partial charge in [-0.15, -0.1) is 0 Å². The monoisotopic (exact) mass is 385 g/mol. The van der Waals surface area contributed by atoms with Gasteiger partial charge in [-0.05, 0) is 36.9 Å². The van der Waals surface area contributed by atoms with Crippen molar-refractivity contribution < 1.29 is 14.3 Å². The molecule has 0 bridgehead atoms.